The van der Waals surface area contributed by atoms with Crippen LogP contribution in [0.25, 0.3) is 4.72 Å². The maximum atomic E-state index is 12.2. The fourth-order valence-corrected chi connectivity index (χ4v) is 2.50. The molecular weight excluding hydrogens is 310 g/mol. The zero-order valence-electron chi connectivity index (χ0n) is 12.2. The molecule has 9 heteroatoms. The highest BCUT2D eigenvalue weighted by molar-refractivity contribution is 7.94. The Morgan fingerprint density at radius 1 is 1.27 bits per heavy atom. The number of nitrogens with one attached hydrogen (secondary N) is 1. The molecule has 8 nitrogen and oxygen atoms in total. The lowest BCUT2D eigenvalue weighted by Crippen LogP contribution is -2.10. The molecule has 0 aliphatic rings. The van der Waals surface area contributed by atoms with Crippen molar-refractivity contribution in [2.75, 3.05) is 12.4 Å². The number of hydrogen-bond acceptors (Lipinski definition) is 6. The largest absolute Gasteiger partial charge is 0.539 e. The normalized spacial score (nSPS) is 11.0. The number of anilines is 1. The molecule has 2 rings (SSSR count). The third-order valence-corrected chi connectivity index (χ3v) is 4.19. The Morgan fingerprint density at radius 3 is 2.41 bits per heavy atom. The molecule has 118 valence electrons. The summed E-state index contributed by atoms with van der Waals surface area (Å²) in [6.07, 6.45) is -0.645. The Labute approximate surface area is 127 Å². The summed E-state index contributed by atoms with van der Waals surface area (Å²) < 4.78 is 37.3. The molecule has 0 bridgehead atoms. The van der Waals surface area contributed by atoms with Crippen LogP contribution in [0.15, 0.2) is 33.7 Å². The minimum absolute atomic E-state index is 0.0311. The number of methoxy groups -OCH3 is 1. The number of sulfonamides is 1. The second-order valence-corrected chi connectivity index (χ2v) is 6.01. The molecule has 1 amide bonds. The first-order valence-corrected chi connectivity index (χ1v) is 7.63. The monoisotopic (exact) mass is 324 g/mol. The van der Waals surface area contributed by atoms with Crippen molar-refractivity contribution in [3.05, 3.63) is 40.2 Å². The number of hydrogen-bond donors (Lipinski definition) is 1. The van der Waals surface area contributed by atoms with Gasteiger partial charge in [-0.15, -0.1) is 0 Å². The fourth-order valence-electron chi connectivity index (χ4n) is 1.53. The lowest BCUT2D eigenvalue weighted by molar-refractivity contribution is 0.187. The van der Waals surface area contributed by atoms with E-state index in [1.807, 2.05) is 0 Å². The molecule has 0 aliphatic heterocycles. The minimum atomic E-state index is -3.93. The molecule has 1 heterocycles. The van der Waals surface area contributed by atoms with Crippen LogP contribution in [-0.4, -0.2) is 26.8 Å². The van der Waals surface area contributed by atoms with Gasteiger partial charge in [-0.05, 0) is 43.7 Å². The van der Waals surface area contributed by atoms with Crippen LogP contribution in [0.4, 0.5) is 16.4 Å². The summed E-state index contributed by atoms with van der Waals surface area (Å²) in [6, 6.07) is 5.50. The van der Waals surface area contributed by atoms with Gasteiger partial charge in [-0.25, -0.2) is 13.2 Å². The van der Waals surface area contributed by atoms with Crippen LogP contribution in [0.5, 0.6) is 0 Å². The minimum Gasteiger partial charge on any atom is -0.539 e. The number of aromatic nitrogens is 1. The van der Waals surface area contributed by atoms with Gasteiger partial charge in [0.15, 0.2) is 0 Å². The van der Waals surface area contributed by atoms with E-state index >= 15 is 0 Å². The van der Waals surface area contributed by atoms with Gasteiger partial charge < -0.3 is 14.0 Å². The molecule has 0 atom stereocenters. The molecule has 0 unspecified atom stereocenters. The summed E-state index contributed by atoms with van der Waals surface area (Å²) in [4.78, 5) is 11.0. The highest BCUT2D eigenvalue weighted by atomic mass is 32.2. The van der Waals surface area contributed by atoms with Crippen LogP contribution >= 0.6 is 0 Å². The van der Waals surface area contributed by atoms with Crippen LogP contribution in [-0.2, 0) is 14.8 Å². The van der Waals surface area contributed by atoms with E-state index in [-0.39, 0.29) is 10.8 Å². The summed E-state index contributed by atoms with van der Waals surface area (Å²) >= 11 is 0. The first kappa shape index (κ1) is 15.8. The third kappa shape index (κ3) is 3.37. The van der Waals surface area contributed by atoms with Gasteiger partial charge >= 0.3 is 6.09 Å². The van der Waals surface area contributed by atoms with Gasteiger partial charge in [-0.3, -0.25) is 5.32 Å². The summed E-state index contributed by atoms with van der Waals surface area (Å²) in [5.41, 5.74) is 1.54. The molecular formula is C13H14N3O5S-. The number of carbonyl (C=O) groups is 1. The van der Waals surface area contributed by atoms with E-state index in [0.29, 0.717) is 16.9 Å². The zero-order chi connectivity index (χ0) is 16.3. The maximum Gasteiger partial charge on any atom is 0.411 e. The van der Waals surface area contributed by atoms with Gasteiger partial charge in [-0.2, -0.15) is 0 Å². The van der Waals surface area contributed by atoms with Crippen molar-refractivity contribution in [2.45, 2.75) is 18.7 Å². The molecule has 2 aromatic rings. The van der Waals surface area contributed by atoms with Crippen LogP contribution in [0, 0.1) is 13.8 Å². The SMILES string of the molecule is COC(=O)Nc1ccc(S(=O)(=O)[N-]c2onc(C)c2C)cc1. The van der Waals surface area contributed by atoms with Crippen molar-refractivity contribution in [3.8, 4) is 0 Å². The number of amides is 1. The Balaban J connectivity index is 2.19. The number of carbonyl (C=O) groups excluding carboxylic acids is 1. The van der Waals surface area contributed by atoms with Gasteiger partial charge in [0.05, 0.1) is 23.6 Å². The summed E-state index contributed by atoms with van der Waals surface area (Å²) in [5, 5.41) is 6.07. The summed E-state index contributed by atoms with van der Waals surface area (Å²) in [7, 11) is -2.70. The Bertz CT molecular complexity index is 781. The topological polar surface area (TPSA) is 113 Å². The molecule has 22 heavy (non-hydrogen) atoms. The van der Waals surface area contributed by atoms with E-state index in [2.05, 4.69) is 19.9 Å². The predicted octanol–water partition coefficient (Wildman–Crippen LogP) is 2.86. The predicted molar refractivity (Wildman–Crippen MR) is 78.7 cm³/mol. The highest BCUT2D eigenvalue weighted by Gasteiger charge is 2.10. The van der Waals surface area contributed by atoms with Crippen molar-refractivity contribution in [1.29, 1.82) is 0 Å². The standard InChI is InChI=1S/C13H15N3O5S/c1-8-9(2)15-21-12(8)16-22(18,19)11-6-4-10(5-7-11)14-13(17)20-3/h4-7H,1-3H3,(H2,14,15,16,17)/p-1. The second-order valence-electron chi connectivity index (χ2n) is 4.41. The van der Waals surface area contributed by atoms with E-state index in [4.69, 9.17) is 4.52 Å². The summed E-state index contributed by atoms with van der Waals surface area (Å²) in [6.45, 7) is 3.36. The van der Waals surface area contributed by atoms with E-state index in [0.717, 1.165) is 0 Å². The first-order valence-electron chi connectivity index (χ1n) is 6.19. The van der Waals surface area contributed by atoms with Crippen LogP contribution in [0.3, 0.4) is 0 Å². The number of benzene rings is 1. The molecule has 0 saturated carbocycles. The van der Waals surface area contributed by atoms with E-state index in [9.17, 15) is 13.2 Å². The molecule has 0 fully saturated rings. The molecule has 1 aromatic heterocycles. The Hall–Kier alpha value is -2.55. The van der Waals surface area contributed by atoms with Gasteiger partial charge in [0, 0.05) is 5.69 Å². The van der Waals surface area contributed by atoms with Gasteiger partial charge in [-0.1, -0.05) is 5.16 Å². The lowest BCUT2D eigenvalue weighted by Gasteiger charge is -2.19. The van der Waals surface area contributed by atoms with Crippen LogP contribution in [0.2, 0.25) is 0 Å². The first-order chi connectivity index (χ1) is 10.3. The lowest BCUT2D eigenvalue weighted by atomic mass is 10.3. The number of ether oxygens (including phenoxy) is 1. The number of rotatable bonds is 4. The van der Waals surface area contributed by atoms with Crippen molar-refractivity contribution < 1.29 is 22.5 Å². The zero-order valence-corrected chi connectivity index (χ0v) is 13.0. The number of aryl methyl sites for hydroxylation is 1. The average Bonchev–Trinajstić information content (AvgIpc) is 2.79. The Kier molecular flexibility index (Phi) is 4.36. The van der Waals surface area contributed by atoms with E-state index in [1.54, 1.807) is 13.8 Å². The third-order valence-electron chi connectivity index (χ3n) is 2.92. The molecule has 1 aromatic carbocycles. The van der Waals surface area contributed by atoms with Crippen molar-refractivity contribution >= 4 is 27.7 Å². The van der Waals surface area contributed by atoms with E-state index < -0.39 is 16.1 Å². The average molecular weight is 324 g/mol. The van der Waals surface area contributed by atoms with Crippen molar-refractivity contribution in [3.63, 3.8) is 0 Å². The molecule has 0 spiro atoms. The van der Waals surface area contributed by atoms with Gasteiger partial charge in [0.1, 0.15) is 10.0 Å². The molecule has 0 aliphatic carbocycles. The van der Waals surface area contributed by atoms with Gasteiger partial charge in [0.2, 0.25) is 0 Å². The van der Waals surface area contributed by atoms with Gasteiger partial charge in [0.25, 0.3) is 0 Å². The molecule has 0 radical (unpaired) electrons. The number of nitrogens with zero attached hydrogens (tertiary/aromatic N) is 2. The summed E-state index contributed by atoms with van der Waals surface area (Å²) in [5.74, 6) is -0.0470. The van der Waals surface area contributed by atoms with Crippen LogP contribution in [0.1, 0.15) is 11.3 Å². The van der Waals surface area contributed by atoms with Crippen molar-refractivity contribution in [2.24, 2.45) is 0 Å². The highest BCUT2D eigenvalue weighted by Crippen LogP contribution is 2.32. The van der Waals surface area contributed by atoms with E-state index in [1.165, 1.54) is 31.4 Å². The molecule has 0 saturated heterocycles. The fraction of sp³-hybridized carbons (Fsp3) is 0.231. The molecule has 1 N–H and O–H groups in total. The maximum absolute atomic E-state index is 12.2. The van der Waals surface area contributed by atoms with Crippen molar-refractivity contribution in [1.82, 2.24) is 5.16 Å². The van der Waals surface area contributed by atoms with Crippen LogP contribution < -0.4 is 5.32 Å². The smallest absolute Gasteiger partial charge is 0.411 e. The second kappa shape index (κ2) is 6.06. The quantitative estimate of drug-likeness (QED) is 0.925. The Morgan fingerprint density at radius 2 is 1.91 bits per heavy atom.